The molecule has 0 bridgehead atoms. The van der Waals surface area contributed by atoms with Gasteiger partial charge in [0, 0.05) is 17.3 Å². The Kier molecular flexibility index (Phi) is 3.53. The van der Waals surface area contributed by atoms with Crippen LogP contribution in [0.5, 0.6) is 0 Å². The number of halogens is 1. The number of aromatic nitrogens is 1. The van der Waals surface area contributed by atoms with E-state index >= 15 is 0 Å². The number of amides is 1. The van der Waals surface area contributed by atoms with Crippen molar-refractivity contribution in [3.63, 3.8) is 0 Å². The van der Waals surface area contributed by atoms with Gasteiger partial charge in [-0.15, -0.1) is 11.3 Å². The maximum atomic E-state index is 11.9. The van der Waals surface area contributed by atoms with Crippen molar-refractivity contribution in [3.8, 4) is 0 Å². The fourth-order valence-electron chi connectivity index (χ4n) is 1.52. The molecule has 0 atom stereocenters. The molecule has 94 valence electrons. The Bertz CT molecular complexity index is 618. The van der Waals surface area contributed by atoms with Crippen molar-refractivity contribution >= 4 is 44.8 Å². The number of anilines is 1. The normalized spacial score (nSPS) is 10.3. The van der Waals surface area contributed by atoms with E-state index in [0.717, 1.165) is 3.79 Å². The van der Waals surface area contributed by atoms with Crippen LogP contribution in [0.4, 0.5) is 5.69 Å². The largest absolute Gasteiger partial charge is 0.478 e. The molecule has 0 aliphatic heterocycles. The van der Waals surface area contributed by atoms with Gasteiger partial charge in [-0.25, -0.2) is 4.79 Å². The zero-order valence-corrected chi connectivity index (χ0v) is 11.7. The van der Waals surface area contributed by atoms with Crippen LogP contribution < -0.4 is 5.32 Å². The molecule has 0 saturated heterocycles. The molecule has 18 heavy (non-hydrogen) atoms. The number of thiophene rings is 1. The van der Waals surface area contributed by atoms with E-state index in [0.29, 0.717) is 11.3 Å². The van der Waals surface area contributed by atoms with Gasteiger partial charge in [-0.3, -0.25) is 4.79 Å². The van der Waals surface area contributed by atoms with Crippen molar-refractivity contribution in [1.82, 2.24) is 4.98 Å². The average Bonchev–Trinajstić information content (AvgIpc) is 2.85. The number of aromatic amines is 1. The summed E-state index contributed by atoms with van der Waals surface area (Å²) < 4.78 is 0.844. The van der Waals surface area contributed by atoms with E-state index in [4.69, 9.17) is 5.11 Å². The number of carbonyl (C=O) groups is 2. The number of rotatable bonds is 3. The van der Waals surface area contributed by atoms with Crippen molar-refractivity contribution in [2.45, 2.75) is 6.92 Å². The number of aryl methyl sites for hydroxylation is 1. The lowest BCUT2D eigenvalue weighted by Crippen LogP contribution is -2.13. The third-order valence-corrected chi connectivity index (χ3v) is 3.87. The van der Waals surface area contributed by atoms with E-state index in [2.05, 4.69) is 26.2 Å². The van der Waals surface area contributed by atoms with E-state index in [9.17, 15) is 9.59 Å². The van der Waals surface area contributed by atoms with Crippen LogP contribution in [0, 0.1) is 6.92 Å². The van der Waals surface area contributed by atoms with Crippen LogP contribution in [-0.2, 0) is 0 Å². The lowest BCUT2D eigenvalue weighted by molar-refractivity contribution is 0.0697. The summed E-state index contributed by atoms with van der Waals surface area (Å²) in [5.74, 6) is -1.41. The molecule has 2 rings (SSSR count). The van der Waals surface area contributed by atoms with Crippen LogP contribution in [0.25, 0.3) is 0 Å². The van der Waals surface area contributed by atoms with Crippen LogP contribution in [0.2, 0.25) is 0 Å². The molecule has 2 heterocycles. The highest BCUT2D eigenvalue weighted by Gasteiger charge is 2.18. The van der Waals surface area contributed by atoms with Gasteiger partial charge in [0.2, 0.25) is 0 Å². The molecule has 0 aliphatic carbocycles. The predicted octanol–water partition coefficient (Wildman–Crippen LogP) is 3.10. The Labute approximate surface area is 115 Å². The Morgan fingerprint density at radius 2 is 2.22 bits per heavy atom. The molecule has 0 aromatic carbocycles. The van der Waals surface area contributed by atoms with Gasteiger partial charge in [-0.05, 0) is 28.9 Å². The van der Waals surface area contributed by atoms with Crippen molar-refractivity contribution in [2.24, 2.45) is 0 Å². The van der Waals surface area contributed by atoms with Gasteiger partial charge in [-0.2, -0.15) is 0 Å². The van der Waals surface area contributed by atoms with E-state index in [1.165, 1.54) is 17.5 Å². The Hall–Kier alpha value is -1.60. The second-order valence-electron chi connectivity index (χ2n) is 3.60. The number of carbonyl (C=O) groups excluding carboxylic acids is 1. The fourth-order valence-corrected chi connectivity index (χ4v) is 2.66. The first-order valence-corrected chi connectivity index (χ1v) is 6.63. The molecule has 0 spiro atoms. The summed E-state index contributed by atoms with van der Waals surface area (Å²) in [5, 5.41) is 13.3. The standard InChI is InChI=1S/C11H9BrN2O3S/c1-5-9(11(16)17)7(3-13-5)14-10(15)6-2-8(12)18-4-6/h2-4,13H,1H3,(H,14,15)(H,16,17). The molecule has 0 aliphatic rings. The minimum Gasteiger partial charge on any atom is -0.478 e. The van der Waals surface area contributed by atoms with Gasteiger partial charge >= 0.3 is 5.97 Å². The van der Waals surface area contributed by atoms with E-state index in [1.807, 2.05) is 0 Å². The van der Waals surface area contributed by atoms with Crippen LogP contribution in [0.3, 0.4) is 0 Å². The summed E-state index contributed by atoms with van der Waals surface area (Å²) in [4.78, 5) is 25.7. The molecule has 7 heteroatoms. The smallest absolute Gasteiger partial charge is 0.339 e. The van der Waals surface area contributed by atoms with E-state index in [1.54, 1.807) is 18.4 Å². The zero-order valence-electron chi connectivity index (χ0n) is 9.28. The Morgan fingerprint density at radius 1 is 1.50 bits per heavy atom. The molecule has 1 amide bonds. The number of H-pyrrole nitrogens is 1. The number of carboxylic acids is 1. The summed E-state index contributed by atoms with van der Waals surface area (Å²) in [6.07, 6.45) is 1.47. The molecule has 2 aromatic heterocycles. The van der Waals surface area contributed by atoms with Gasteiger partial charge in [0.25, 0.3) is 5.91 Å². The molecule has 5 nitrogen and oxygen atoms in total. The topological polar surface area (TPSA) is 82.2 Å². The monoisotopic (exact) mass is 328 g/mol. The van der Waals surface area contributed by atoms with Gasteiger partial charge in [-0.1, -0.05) is 0 Å². The second-order valence-corrected chi connectivity index (χ2v) is 5.89. The number of hydrogen-bond acceptors (Lipinski definition) is 3. The van der Waals surface area contributed by atoms with Crippen LogP contribution in [-0.4, -0.2) is 22.0 Å². The average molecular weight is 329 g/mol. The third-order valence-electron chi connectivity index (χ3n) is 2.37. The first kappa shape index (κ1) is 12.8. The van der Waals surface area contributed by atoms with Crippen molar-refractivity contribution in [2.75, 3.05) is 5.32 Å². The number of nitrogens with one attached hydrogen (secondary N) is 2. The highest BCUT2D eigenvalue weighted by atomic mass is 79.9. The molecule has 2 aromatic rings. The summed E-state index contributed by atoms with van der Waals surface area (Å²) in [6, 6.07) is 1.68. The summed E-state index contributed by atoms with van der Waals surface area (Å²) in [6.45, 7) is 1.64. The van der Waals surface area contributed by atoms with Gasteiger partial charge in [0.05, 0.1) is 15.0 Å². The maximum absolute atomic E-state index is 11.9. The first-order chi connectivity index (χ1) is 8.49. The number of aromatic carboxylic acids is 1. The highest BCUT2D eigenvalue weighted by Crippen LogP contribution is 2.23. The Morgan fingerprint density at radius 3 is 2.78 bits per heavy atom. The fraction of sp³-hybridized carbons (Fsp3) is 0.0909. The van der Waals surface area contributed by atoms with Crippen molar-refractivity contribution in [1.29, 1.82) is 0 Å². The highest BCUT2D eigenvalue weighted by molar-refractivity contribution is 9.11. The van der Waals surface area contributed by atoms with Gasteiger partial charge < -0.3 is 15.4 Å². The predicted molar refractivity (Wildman–Crippen MR) is 72.5 cm³/mol. The molecule has 0 unspecified atom stereocenters. The van der Waals surface area contributed by atoms with Crippen molar-refractivity contribution in [3.05, 3.63) is 38.3 Å². The molecular formula is C11H9BrN2O3S. The van der Waals surface area contributed by atoms with Crippen LogP contribution in [0.1, 0.15) is 26.4 Å². The van der Waals surface area contributed by atoms with Crippen LogP contribution >= 0.6 is 27.3 Å². The Balaban J connectivity index is 2.25. The molecule has 0 fully saturated rings. The lowest BCUT2D eigenvalue weighted by atomic mass is 10.2. The van der Waals surface area contributed by atoms with Gasteiger partial charge in [0.1, 0.15) is 5.56 Å². The summed E-state index contributed by atoms with van der Waals surface area (Å²) in [7, 11) is 0. The molecule has 0 radical (unpaired) electrons. The van der Waals surface area contributed by atoms with Crippen molar-refractivity contribution < 1.29 is 14.7 Å². The molecule has 3 N–H and O–H groups in total. The third kappa shape index (κ3) is 2.46. The van der Waals surface area contributed by atoms with Gasteiger partial charge in [0.15, 0.2) is 0 Å². The summed E-state index contributed by atoms with van der Waals surface area (Å²) in [5.41, 5.74) is 1.34. The van der Waals surface area contributed by atoms with Crippen LogP contribution in [0.15, 0.2) is 21.4 Å². The minimum atomic E-state index is -1.07. The SMILES string of the molecule is Cc1[nH]cc(NC(=O)c2csc(Br)c2)c1C(=O)O. The first-order valence-electron chi connectivity index (χ1n) is 4.95. The quantitative estimate of drug-likeness (QED) is 0.809. The maximum Gasteiger partial charge on any atom is 0.339 e. The number of hydrogen-bond donors (Lipinski definition) is 3. The van der Waals surface area contributed by atoms with E-state index < -0.39 is 5.97 Å². The lowest BCUT2D eigenvalue weighted by Gasteiger charge is -2.03. The second kappa shape index (κ2) is 4.95. The summed E-state index contributed by atoms with van der Waals surface area (Å²) >= 11 is 4.66. The number of carboxylic acid groups (broad SMARTS) is 1. The van der Waals surface area contributed by atoms with E-state index in [-0.39, 0.29) is 17.2 Å². The zero-order chi connectivity index (χ0) is 13.3. The molecule has 0 saturated carbocycles. The minimum absolute atomic E-state index is 0.0812. The molecular weight excluding hydrogens is 320 g/mol.